The third kappa shape index (κ3) is 2.25. The largest absolute Gasteiger partial charge is 0.281 e. The fourth-order valence-electron chi connectivity index (χ4n) is 0.992. The molecule has 16 heavy (non-hydrogen) atoms. The van der Waals surface area contributed by atoms with Gasteiger partial charge in [-0.1, -0.05) is 0 Å². The van der Waals surface area contributed by atoms with E-state index in [0.29, 0.717) is 6.20 Å². The molecule has 9 heteroatoms. The van der Waals surface area contributed by atoms with Crippen molar-refractivity contribution in [2.45, 2.75) is 11.3 Å². The maximum Gasteiger partial charge on any atom is 0.281 e. The van der Waals surface area contributed by atoms with E-state index >= 15 is 0 Å². The minimum Gasteiger partial charge on any atom is -0.251 e. The molecule has 0 aromatic carbocycles. The van der Waals surface area contributed by atoms with Gasteiger partial charge in [0.15, 0.2) is 5.82 Å². The highest BCUT2D eigenvalue weighted by atomic mass is 35.7. The minimum absolute atomic E-state index is 0.339. The van der Waals surface area contributed by atoms with E-state index in [9.17, 15) is 21.6 Å². The van der Waals surface area contributed by atoms with Gasteiger partial charge in [-0.3, -0.25) is 4.98 Å². The van der Waals surface area contributed by atoms with Crippen LogP contribution in [0.4, 0.5) is 13.2 Å². The van der Waals surface area contributed by atoms with Crippen LogP contribution >= 0.6 is 10.7 Å². The van der Waals surface area contributed by atoms with Crippen LogP contribution < -0.4 is 0 Å². The van der Waals surface area contributed by atoms with Crippen LogP contribution in [0.3, 0.4) is 0 Å². The Morgan fingerprint density at radius 3 is 2.44 bits per heavy atom. The van der Waals surface area contributed by atoms with E-state index < -0.39 is 37.4 Å². The average molecular weight is 271 g/mol. The van der Waals surface area contributed by atoms with E-state index in [1.54, 1.807) is 0 Å². The molecule has 0 amide bonds. The van der Waals surface area contributed by atoms with Crippen molar-refractivity contribution < 1.29 is 21.6 Å². The summed E-state index contributed by atoms with van der Waals surface area (Å²) in [5.74, 6) is -1.33. The standard InChI is InChI=1S/C7H2ClF3N2O2S/c8-16(14,15)6-3(1-12)4(9)2-13-5(6)7(10)11/h2,7H. The molecule has 0 N–H and O–H groups in total. The highest BCUT2D eigenvalue weighted by Gasteiger charge is 2.29. The van der Waals surface area contributed by atoms with Gasteiger partial charge >= 0.3 is 0 Å². The molecule has 0 fully saturated rings. The van der Waals surface area contributed by atoms with Gasteiger partial charge in [-0.25, -0.2) is 21.6 Å². The molecule has 4 nitrogen and oxygen atoms in total. The lowest BCUT2D eigenvalue weighted by Gasteiger charge is -2.06. The summed E-state index contributed by atoms with van der Waals surface area (Å²) >= 11 is 0. The van der Waals surface area contributed by atoms with Crippen molar-refractivity contribution in [3.8, 4) is 6.07 Å². The predicted molar refractivity (Wildman–Crippen MR) is 46.9 cm³/mol. The number of aromatic nitrogens is 1. The van der Waals surface area contributed by atoms with E-state index in [-0.39, 0.29) is 0 Å². The van der Waals surface area contributed by atoms with E-state index in [0.717, 1.165) is 6.07 Å². The summed E-state index contributed by atoms with van der Waals surface area (Å²) in [6.07, 6.45) is -2.94. The maximum atomic E-state index is 13.0. The molecule has 0 aliphatic carbocycles. The first-order valence-corrected chi connectivity index (χ1v) is 5.91. The van der Waals surface area contributed by atoms with Crippen molar-refractivity contribution >= 4 is 19.7 Å². The molecule has 0 unspecified atom stereocenters. The zero-order chi connectivity index (χ0) is 12.5. The summed E-state index contributed by atoms with van der Waals surface area (Å²) in [4.78, 5) is 1.63. The van der Waals surface area contributed by atoms with E-state index in [1.807, 2.05) is 0 Å². The molecule has 0 spiro atoms. The number of hydrogen-bond acceptors (Lipinski definition) is 4. The van der Waals surface area contributed by atoms with Crippen LogP contribution in [0, 0.1) is 17.1 Å². The lowest BCUT2D eigenvalue weighted by molar-refractivity contribution is 0.142. The zero-order valence-corrected chi connectivity index (χ0v) is 8.86. The molecule has 0 aliphatic rings. The van der Waals surface area contributed by atoms with Gasteiger partial charge in [-0.05, 0) is 0 Å². The molecule has 0 radical (unpaired) electrons. The molecule has 1 heterocycles. The molecule has 1 aromatic rings. The van der Waals surface area contributed by atoms with Crippen LogP contribution in [0.2, 0.25) is 0 Å². The van der Waals surface area contributed by atoms with Crippen LogP contribution in [0.15, 0.2) is 11.1 Å². The number of nitriles is 1. The molecule has 0 bridgehead atoms. The van der Waals surface area contributed by atoms with Gasteiger partial charge in [0, 0.05) is 10.7 Å². The number of hydrogen-bond donors (Lipinski definition) is 0. The van der Waals surface area contributed by atoms with E-state index in [1.165, 1.54) is 0 Å². The molecule has 1 rings (SSSR count). The lowest BCUT2D eigenvalue weighted by atomic mass is 10.2. The fraction of sp³-hybridized carbons (Fsp3) is 0.143. The first-order valence-electron chi connectivity index (χ1n) is 3.60. The van der Waals surface area contributed by atoms with Gasteiger partial charge in [-0.2, -0.15) is 5.26 Å². The second-order valence-corrected chi connectivity index (χ2v) is 5.05. The number of alkyl halides is 2. The Bertz CT molecular complexity index is 568. The Labute approximate surface area is 92.7 Å². The smallest absolute Gasteiger partial charge is 0.251 e. The Hall–Kier alpha value is -1.33. The molecular weight excluding hydrogens is 269 g/mol. The van der Waals surface area contributed by atoms with E-state index in [2.05, 4.69) is 4.98 Å². The van der Waals surface area contributed by atoms with Crippen molar-refractivity contribution in [3.63, 3.8) is 0 Å². The third-order valence-corrected chi connectivity index (χ3v) is 2.94. The summed E-state index contributed by atoms with van der Waals surface area (Å²) in [5, 5.41) is 8.48. The Morgan fingerprint density at radius 1 is 1.50 bits per heavy atom. The van der Waals surface area contributed by atoms with Gasteiger partial charge in [0.05, 0.1) is 6.20 Å². The second kappa shape index (κ2) is 4.27. The average Bonchev–Trinajstić information content (AvgIpc) is 2.15. The third-order valence-electron chi connectivity index (χ3n) is 1.58. The van der Waals surface area contributed by atoms with Crippen LogP contribution in [-0.2, 0) is 9.05 Å². The summed E-state index contributed by atoms with van der Waals surface area (Å²) in [5.41, 5.74) is -2.31. The van der Waals surface area contributed by atoms with Gasteiger partial charge in [0.2, 0.25) is 0 Å². The summed E-state index contributed by atoms with van der Waals surface area (Å²) in [6, 6.07) is 1.15. The highest BCUT2D eigenvalue weighted by molar-refractivity contribution is 8.13. The maximum absolute atomic E-state index is 13.0. The summed E-state index contributed by atoms with van der Waals surface area (Å²) < 4.78 is 59.7. The van der Waals surface area contributed by atoms with Gasteiger partial charge in [-0.15, -0.1) is 0 Å². The quantitative estimate of drug-likeness (QED) is 0.770. The monoisotopic (exact) mass is 270 g/mol. The van der Waals surface area contributed by atoms with Crippen LogP contribution in [0.5, 0.6) is 0 Å². The number of halogens is 4. The number of nitrogens with zero attached hydrogens (tertiary/aromatic N) is 2. The normalized spacial score (nSPS) is 11.5. The van der Waals surface area contributed by atoms with Crippen molar-refractivity contribution in [3.05, 3.63) is 23.3 Å². The fourth-order valence-corrected chi connectivity index (χ4v) is 2.24. The first kappa shape index (κ1) is 12.7. The zero-order valence-electron chi connectivity index (χ0n) is 7.29. The van der Waals surface area contributed by atoms with Crippen molar-refractivity contribution in [1.29, 1.82) is 5.26 Å². The first-order chi connectivity index (χ1) is 7.29. The van der Waals surface area contributed by atoms with Gasteiger partial charge in [0.1, 0.15) is 22.2 Å². The lowest BCUT2D eigenvalue weighted by Crippen LogP contribution is -2.07. The Kier molecular flexibility index (Phi) is 3.40. The Morgan fingerprint density at radius 2 is 2.06 bits per heavy atom. The number of rotatable bonds is 2. The summed E-state index contributed by atoms with van der Waals surface area (Å²) in [7, 11) is 0.168. The molecule has 86 valence electrons. The topological polar surface area (TPSA) is 70.8 Å². The van der Waals surface area contributed by atoms with Crippen molar-refractivity contribution in [2.75, 3.05) is 0 Å². The van der Waals surface area contributed by atoms with E-state index in [4.69, 9.17) is 15.9 Å². The minimum atomic E-state index is -4.68. The SMILES string of the molecule is N#Cc1c(F)cnc(C(F)F)c1S(=O)(=O)Cl. The Balaban J connectivity index is 3.77. The predicted octanol–water partition coefficient (Wildman–Crippen LogP) is 1.96. The van der Waals surface area contributed by atoms with Crippen molar-refractivity contribution in [1.82, 2.24) is 4.98 Å². The van der Waals surface area contributed by atoms with Crippen LogP contribution in [0.25, 0.3) is 0 Å². The van der Waals surface area contributed by atoms with Gasteiger partial charge < -0.3 is 0 Å². The molecule has 0 aliphatic heterocycles. The molecule has 0 atom stereocenters. The van der Waals surface area contributed by atoms with Crippen LogP contribution in [-0.4, -0.2) is 13.4 Å². The molecular formula is C7H2ClF3N2O2S. The van der Waals surface area contributed by atoms with Crippen molar-refractivity contribution in [2.24, 2.45) is 0 Å². The highest BCUT2D eigenvalue weighted by Crippen LogP contribution is 2.30. The number of pyridine rings is 1. The van der Waals surface area contributed by atoms with Crippen LogP contribution in [0.1, 0.15) is 17.7 Å². The second-order valence-electron chi connectivity index (χ2n) is 2.55. The van der Waals surface area contributed by atoms with Gasteiger partial charge in [0.25, 0.3) is 15.5 Å². The molecule has 1 aromatic heterocycles. The molecule has 0 saturated carbocycles. The molecule has 0 saturated heterocycles. The summed E-state index contributed by atoms with van der Waals surface area (Å²) in [6.45, 7) is 0.